The summed E-state index contributed by atoms with van der Waals surface area (Å²) in [5.74, 6) is 0.240. The summed E-state index contributed by atoms with van der Waals surface area (Å²) in [6, 6.07) is 7.52. The molecule has 1 aromatic carbocycles. The number of thiol groups is 1. The van der Waals surface area contributed by atoms with Crippen LogP contribution < -0.4 is 0 Å². The van der Waals surface area contributed by atoms with Crippen molar-refractivity contribution in [3.05, 3.63) is 36.0 Å². The zero-order valence-corrected chi connectivity index (χ0v) is 8.98. The summed E-state index contributed by atoms with van der Waals surface area (Å²) in [6.45, 7) is 0. The van der Waals surface area contributed by atoms with Crippen molar-refractivity contribution in [2.45, 2.75) is 12.2 Å². The maximum Gasteiger partial charge on any atom is 0.106 e. The third-order valence-corrected chi connectivity index (χ3v) is 2.85. The number of benzene rings is 1. The lowest BCUT2D eigenvalue weighted by Crippen LogP contribution is -2.19. The minimum Gasteiger partial charge on any atom is -0.389 e. The molecule has 2 atom stereocenters. The van der Waals surface area contributed by atoms with E-state index in [4.69, 9.17) is 0 Å². The van der Waals surface area contributed by atoms with Crippen LogP contribution in [0.5, 0.6) is 0 Å². The van der Waals surface area contributed by atoms with Gasteiger partial charge in [0.25, 0.3) is 0 Å². The summed E-state index contributed by atoms with van der Waals surface area (Å²) in [5.41, 5.74) is 1.66. The molecular formula is C11H13NO2S. The first-order valence-corrected chi connectivity index (χ1v) is 5.39. The van der Waals surface area contributed by atoms with Crippen LogP contribution in [0.2, 0.25) is 0 Å². The topological polar surface area (TPSA) is 56.2 Å². The summed E-state index contributed by atoms with van der Waals surface area (Å²) >= 11 is 3.95. The molecule has 80 valence electrons. The molecule has 0 aliphatic heterocycles. The van der Waals surface area contributed by atoms with Gasteiger partial charge in [0.1, 0.15) is 6.10 Å². The minimum absolute atomic E-state index is 0.240. The molecular weight excluding hydrogens is 210 g/mol. The largest absolute Gasteiger partial charge is 0.389 e. The summed E-state index contributed by atoms with van der Waals surface area (Å²) in [6.07, 6.45) is 0.131. The molecule has 15 heavy (non-hydrogen) atoms. The first-order chi connectivity index (χ1) is 7.22. The van der Waals surface area contributed by atoms with E-state index in [2.05, 4.69) is 17.6 Å². The van der Waals surface area contributed by atoms with Crippen molar-refractivity contribution in [1.82, 2.24) is 4.98 Å². The van der Waals surface area contributed by atoms with E-state index in [-0.39, 0.29) is 5.75 Å². The fourth-order valence-electron chi connectivity index (χ4n) is 1.57. The number of aliphatic hydroxyl groups excluding tert-OH is 2. The van der Waals surface area contributed by atoms with Crippen molar-refractivity contribution in [2.24, 2.45) is 0 Å². The lowest BCUT2D eigenvalue weighted by Gasteiger charge is -2.15. The number of nitrogens with one attached hydrogen (secondary N) is 1. The zero-order chi connectivity index (χ0) is 10.8. The number of hydrogen-bond donors (Lipinski definition) is 4. The van der Waals surface area contributed by atoms with E-state index in [1.807, 2.05) is 30.5 Å². The van der Waals surface area contributed by atoms with Crippen molar-refractivity contribution in [1.29, 1.82) is 0 Å². The Bertz CT molecular complexity index is 455. The first kappa shape index (κ1) is 10.5. The monoisotopic (exact) mass is 223 g/mol. The molecule has 0 aliphatic rings. The fourth-order valence-corrected chi connectivity index (χ4v) is 1.77. The first-order valence-electron chi connectivity index (χ1n) is 4.76. The molecule has 2 unspecified atom stereocenters. The molecule has 0 amide bonds. The molecule has 0 bridgehead atoms. The molecule has 4 heteroatoms. The Balaban J connectivity index is 2.35. The Morgan fingerprint density at radius 1 is 1.27 bits per heavy atom. The number of hydrogen-bond acceptors (Lipinski definition) is 3. The Hall–Kier alpha value is -0.970. The zero-order valence-electron chi connectivity index (χ0n) is 8.09. The van der Waals surface area contributed by atoms with Gasteiger partial charge in [-0.2, -0.15) is 12.6 Å². The van der Waals surface area contributed by atoms with Crippen LogP contribution >= 0.6 is 12.6 Å². The van der Waals surface area contributed by atoms with Gasteiger partial charge in [0.15, 0.2) is 0 Å². The third-order valence-electron chi connectivity index (χ3n) is 2.47. The molecule has 0 saturated carbocycles. The highest BCUT2D eigenvalue weighted by molar-refractivity contribution is 7.80. The quantitative estimate of drug-likeness (QED) is 0.596. The molecule has 0 aliphatic carbocycles. The van der Waals surface area contributed by atoms with Gasteiger partial charge in [0.2, 0.25) is 0 Å². The lowest BCUT2D eigenvalue weighted by molar-refractivity contribution is 0.0338. The van der Waals surface area contributed by atoms with Gasteiger partial charge >= 0.3 is 0 Å². The molecule has 3 N–H and O–H groups in total. The van der Waals surface area contributed by atoms with E-state index in [0.717, 1.165) is 10.9 Å². The maximum absolute atomic E-state index is 9.77. The summed E-state index contributed by atoms with van der Waals surface area (Å²) in [7, 11) is 0. The molecule has 1 heterocycles. The van der Waals surface area contributed by atoms with Gasteiger partial charge in [0, 0.05) is 17.5 Å². The van der Waals surface area contributed by atoms with Gasteiger partial charge in [-0.3, -0.25) is 0 Å². The molecule has 1 aromatic heterocycles. The van der Waals surface area contributed by atoms with Crippen LogP contribution in [0.25, 0.3) is 10.9 Å². The Morgan fingerprint density at radius 3 is 2.80 bits per heavy atom. The maximum atomic E-state index is 9.77. The van der Waals surface area contributed by atoms with E-state index in [9.17, 15) is 10.2 Å². The molecule has 2 aromatic rings. The minimum atomic E-state index is -0.879. The summed E-state index contributed by atoms with van der Waals surface area (Å²) in [4.78, 5) is 3.06. The second-order valence-corrected chi connectivity index (χ2v) is 3.88. The van der Waals surface area contributed by atoms with Gasteiger partial charge in [-0.1, -0.05) is 12.1 Å². The second kappa shape index (κ2) is 4.26. The van der Waals surface area contributed by atoms with E-state index >= 15 is 0 Å². The molecule has 0 saturated heterocycles. The van der Waals surface area contributed by atoms with Crippen LogP contribution in [0.15, 0.2) is 30.5 Å². The number of rotatable bonds is 3. The Morgan fingerprint density at radius 2 is 2.07 bits per heavy atom. The molecule has 0 radical (unpaired) electrons. The predicted octanol–water partition coefficient (Wildman–Crippen LogP) is 1.49. The van der Waals surface area contributed by atoms with Crippen molar-refractivity contribution in [2.75, 3.05) is 5.75 Å². The van der Waals surface area contributed by atoms with Gasteiger partial charge < -0.3 is 15.2 Å². The third kappa shape index (κ3) is 2.02. The number of aliphatic hydroxyl groups is 2. The smallest absolute Gasteiger partial charge is 0.106 e. The van der Waals surface area contributed by atoms with Crippen molar-refractivity contribution >= 4 is 23.5 Å². The molecule has 0 fully saturated rings. The number of fused-ring (bicyclic) bond motifs is 1. The SMILES string of the molecule is OC(CS)C(O)c1ccc2cc[nH]c2c1. The fraction of sp³-hybridized carbons (Fsp3) is 0.273. The van der Waals surface area contributed by atoms with Crippen molar-refractivity contribution < 1.29 is 10.2 Å². The van der Waals surface area contributed by atoms with Crippen LogP contribution in [0.4, 0.5) is 0 Å². The van der Waals surface area contributed by atoms with Gasteiger partial charge in [0.05, 0.1) is 6.10 Å². The predicted molar refractivity (Wildman–Crippen MR) is 63.1 cm³/mol. The van der Waals surface area contributed by atoms with Crippen LogP contribution in [-0.2, 0) is 0 Å². The number of aromatic nitrogens is 1. The average molecular weight is 223 g/mol. The van der Waals surface area contributed by atoms with E-state index in [1.54, 1.807) is 0 Å². The highest BCUT2D eigenvalue weighted by Crippen LogP contribution is 2.22. The van der Waals surface area contributed by atoms with Crippen LogP contribution in [0.1, 0.15) is 11.7 Å². The standard InChI is InChI=1S/C11H13NO2S/c13-10(6-15)11(14)8-2-1-7-3-4-12-9(7)5-8/h1-5,10-15H,6H2. The Kier molecular flexibility index (Phi) is 3.00. The van der Waals surface area contributed by atoms with Gasteiger partial charge in [-0.05, 0) is 23.1 Å². The van der Waals surface area contributed by atoms with Crippen molar-refractivity contribution in [3.63, 3.8) is 0 Å². The highest BCUT2D eigenvalue weighted by Gasteiger charge is 2.16. The molecule has 0 spiro atoms. The average Bonchev–Trinajstić information content (AvgIpc) is 2.73. The highest BCUT2D eigenvalue weighted by atomic mass is 32.1. The molecule has 2 rings (SSSR count). The summed E-state index contributed by atoms with van der Waals surface area (Å²) in [5, 5.41) is 20.3. The van der Waals surface area contributed by atoms with Gasteiger partial charge in [-0.15, -0.1) is 0 Å². The van der Waals surface area contributed by atoms with E-state index < -0.39 is 12.2 Å². The molecule has 3 nitrogen and oxygen atoms in total. The van der Waals surface area contributed by atoms with E-state index in [1.165, 1.54) is 0 Å². The van der Waals surface area contributed by atoms with E-state index in [0.29, 0.717) is 5.56 Å². The normalized spacial score (nSPS) is 15.4. The van der Waals surface area contributed by atoms with Crippen LogP contribution in [0.3, 0.4) is 0 Å². The number of H-pyrrole nitrogens is 1. The van der Waals surface area contributed by atoms with Crippen LogP contribution in [-0.4, -0.2) is 27.1 Å². The Labute approximate surface area is 93.2 Å². The lowest BCUT2D eigenvalue weighted by atomic mass is 10.0. The number of aromatic amines is 1. The summed E-state index contributed by atoms with van der Waals surface area (Å²) < 4.78 is 0. The van der Waals surface area contributed by atoms with Crippen LogP contribution in [0, 0.1) is 0 Å². The van der Waals surface area contributed by atoms with Gasteiger partial charge in [-0.25, -0.2) is 0 Å². The second-order valence-electron chi connectivity index (χ2n) is 3.52. The van der Waals surface area contributed by atoms with Crippen molar-refractivity contribution in [3.8, 4) is 0 Å².